The topological polar surface area (TPSA) is 61.4 Å². The Balaban J connectivity index is 0.00000280. The first-order valence-corrected chi connectivity index (χ1v) is 9.99. The fourth-order valence-electron chi connectivity index (χ4n) is 3.32. The second-order valence-corrected chi connectivity index (χ2v) is 7.29. The molecule has 28 heavy (non-hydrogen) atoms. The van der Waals surface area contributed by atoms with Crippen molar-refractivity contribution in [2.75, 3.05) is 59.5 Å². The van der Waals surface area contributed by atoms with Gasteiger partial charge in [-0.05, 0) is 33.0 Å². The van der Waals surface area contributed by atoms with E-state index in [1.54, 1.807) is 0 Å². The van der Waals surface area contributed by atoms with Crippen LogP contribution in [-0.4, -0.2) is 87.4 Å². The van der Waals surface area contributed by atoms with Crippen molar-refractivity contribution < 1.29 is 9.47 Å². The number of aliphatic imine (C=N–C) groups is 1. The van der Waals surface area contributed by atoms with Crippen LogP contribution in [0.15, 0.2) is 29.3 Å². The lowest BCUT2D eigenvalue weighted by Gasteiger charge is -2.36. The molecule has 0 bridgehead atoms. The Bertz CT molecular complexity index is 622. The molecule has 0 amide bonds. The molecule has 0 spiro atoms. The van der Waals surface area contributed by atoms with E-state index < -0.39 is 0 Å². The van der Waals surface area contributed by atoms with E-state index in [9.17, 15) is 0 Å². The summed E-state index contributed by atoms with van der Waals surface area (Å²) >= 11 is 0. The molecule has 0 aliphatic carbocycles. The van der Waals surface area contributed by atoms with Gasteiger partial charge in [-0.3, -0.25) is 9.89 Å². The summed E-state index contributed by atoms with van der Waals surface area (Å²) < 4.78 is 11.8. The molecular weight excluding hydrogens is 469 g/mol. The van der Waals surface area contributed by atoms with Crippen molar-refractivity contribution in [2.45, 2.75) is 26.0 Å². The number of halogens is 1. The van der Waals surface area contributed by atoms with Crippen LogP contribution in [0.5, 0.6) is 11.5 Å². The molecule has 1 fully saturated rings. The summed E-state index contributed by atoms with van der Waals surface area (Å²) in [4.78, 5) is 9.67. The smallest absolute Gasteiger partial charge is 0.191 e. The highest BCUT2D eigenvalue weighted by Gasteiger charge is 2.21. The summed E-state index contributed by atoms with van der Waals surface area (Å²) in [6.45, 7) is 11.6. The number of likely N-dealkylation sites (N-methyl/N-ethyl adjacent to an activating group) is 1. The number of benzene rings is 1. The molecule has 2 N–H and O–H groups in total. The minimum Gasteiger partial charge on any atom is -0.486 e. The third kappa shape index (κ3) is 6.66. The molecule has 1 aromatic carbocycles. The van der Waals surface area contributed by atoms with E-state index in [0.29, 0.717) is 19.2 Å². The van der Waals surface area contributed by atoms with Crippen LogP contribution in [0.25, 0.3) is 0 Å². The lowest BCUT2D eigenvalue weighted by molar-refractivity contribution is 0.0935. The fraction of sp³-hybridized carbons (Fsp3) is 0.650. The highest BCUT2D eigenvalue weighted by molar-refractivity contribution is 14.0. The predicted molar refractivity (Wildman–Crippen MR) is 124 cm³/mol. The zero-order chi connectivity index (χ0) is 19.1. The maximum Gasteiger partial charge on any atom is 0.191 e. The number of guanidine groups is 1. The first-order valence-electron chi connectivity index (χ1n) is 9.99. The lowest BCUT2D eigenvalue weighted by Crippen LogP contribution is -2.49. The molecule has 2 aliphatic heterocycles. The molecule has 7 nitrogen and oxygen atoms in total. The van der Waals surface area contributed by atoms with Gasteiger partial charge in [-0.15, -0.1) is 24.0 Å². The number of nitrogens with one attached hydrogen (secondary N) is 2. The van der Waals surface area contributed by atoms with Crippen LogP contribution >= 0.6 is 24.0 Å². The number of rotatable bonds is 6. The van der Waals surface area contributed by atoms with Gasteiger partial charge in [0, 0.05) is 38.8 Å². The van der Waals surface area contributed by atoms with Crippen LogP contribution in [0, 0.1) is 0 Å². The van der Waals surface area contributed by atoms with Gasteiger partial charge in [0.05, 0.1) is 13.1 Å². The van der Waals surface area contributed by atoms with E-state index in [4.69, 9.17) is 14.5 Å². The van der Waals surface area contributed by atoms with Crippen LogP contribution in [0.3, 0.4) is 0 Å². The van der Waals surface area contributed by atoms with Crippen LogP contribution in [-0.2, 0) is 0 Å². The first kappa shape index (κ1) is 23.0. The van der Waals surface area contributed by atoms with Gasteiger partial charge in [0.1, 0.15) is 12.7 Å². The van der Waals surface area contributed by atoms with Crippen molar-refractivity contribution >= 4 is 29.9 Å². The van der Waals surface area contributed by atoms with Crippen molar-refractivity contribution in [3.8, 4) is 11.5 Å². The Morgan fingerprint density at radius 1 is 1.18 bits per heavy atom. The molecule has 0 radical (unpaired) electrons. The van der Waals surface area contributed by atoms with Crippen LogP contribution < -0.4 is 20.1 Å². The van der Waals surface area contributed by atoms with Crippen molar-refractivity contribution in [1.82, 2.24) is 20.4 Å². The molecule has 2 aliphatic rings. The van der Waals surface area contributed by atoms with E-state index in [1.807, 2.05) is 24.3 Å². The number of nitrogens with zero attached hydrogens (tertiary/aromatic N) is 3. The zero-order valence-corrected chi connectivity index (χ0v) is 19.5. The SMILES string of the molecule is CCNC(=NCC(C)N1CCN(C)CC1)NCC1COc2ccccc2O1.I. The Kier molecular flexibility index (Phi) is 9.60. The number of hydrogen-bond donors (Lipinski definition) is 2. The molecule has 1 aromatic rings. The van der Waals surface area contributed by atoms with Gasteiger partial charge >= 0.3 is 0 Å². The van der Waals surface area contributed by atoms with Gasteiger partial charge in [-0.25, -0.2) is 0 Å². The van der Waals surface area contributed by atoms with Gasteiger partial charge in [-0.2, -0.15) is 0 Å². The number of para-hydroxylation sites is 2. The van der Waals surface area contributed by atoms with Crippen LogP contribution in [0.2, 0.25) is 0 Å². The monoisotopic (exact) mass is 503 g/mol. The Morgan fingerprint density at radius 3 is 2.61 bits per heavy atom. The molecule has 2 atom stereocenters. The third-order valence-corrected chi connectivity index (χ3v) is 5.08. The first-order chi connectivity index (χ1) is 13.2. The average molecular weight is 503 g/mol. The van der Waals surface area contributed by atoms with Crippen LogP contribution in [0.1, 0.15) is 13.8 Å². The van der Waals surface area contributed by atoms with Crippen molar-refractivity contribution in [2.24, 2.45) is 4.99 Å². The number of fused-ring (bicyclic) bond motifs is 1. The molecule has 8 heteroatoms. The largest absolute Gasteiger partial charge is 0.486 e. The van der Waals surface area contributed by atoms with Gasteiger partial charge < -0.3 is 25.0 Å². The number of ether oxygens (including phenoxy) is 2. The fourth-order valence-corrected chi connectivity index (χ4v) is 3.32. The van der Waals surface area contributed by atoms with Crippen LogP contribution in [0.4, 0.5) is 0 Å². The van der Waals surface area contributed by atoms with Gasteiger partial charge in [-0.1, -0.05) is 12.1 Å². The van der Waals surface area contributed by atoms with E-state index in [0.717, 1.165) is 56.7 Å². The van der Waals surface area contributed by atoms with Gasteiger partial charge in [0.2, 0.25) is 0 Å². The van der Waals surface area contributed by atoms with Crippen molar-refractivity contribution in [3.05, 3.63) is 24.3 Å². The third-order valence-electron chi connectivity index (χ3n) is 5.08. The normalized spacial score (nSPS) is 21.5. The van der Waals surface area contributed by atoms with Crippen molar-refractivity contribution in [3.63, 3.8) is 0 Å². The number of hydrogen-bond acceptors (Lipinski definition) is 5. The maximum absolute atomic E-state index is 6.01. The minimum atomic E-state index is -0.0289. The zero-order valence-electron chi connectivity index (χ0n) is 17.2. The summed E-state index contributed by atoms with van der Waals surface area (Å²) in [7, 11) is 2.18. The Hall–Kier alpha value is -1.26. The van der Waals surface area contributed by atoms with E-state index in [2.05, 4.69) is 41.3 Å². The second kappa shape index (κ2) is 11.7. The standard InChI is InChI=1S/C20H33N5O2.HI/c1-4-21-20(22-13-16(2)25-11-9-24(3)10-12-25)23-14-17-15-26-18-7-5-6-8-19(18)27-17;/h5-8,16-17H,4,9-15H2,1-3H3,(H2,21,22,23);1H. The van der Waals surface area contributed by atoms with Gasteiger partial charge in [0.15, 0.2) is 17.5 Å². The molecule has 0 aromatic heterocycles. The molecule has 1 saturated heterocycles. The molecule has 2 unspecified atom stereocenters. The molecule has 158 valence electrons. The summed E-state index contributed by atoms with van der Waals surface area (Å²) in [5.41, 5.74) is 0. The average Bonchev–Trinajstić information content (AvgIpc) is 2.70. The Labute approximate surface area is 185 Å². The summed E-state index contributed by atoms with van der Waals surface area (Å²) in [6.07, 6.45) is -0.0289. The quantitative estimate of drug-likeness (QED) is 0.350. The van der Waals surface area contributed by atoms with Gasteiger partial charge in [0.25, 0.3) is 0 Å². The molecule has 3 rings (SSSR count). The lowest BCUT2D eigenvalue weighted by atomic mass is 10.2. The van der Waals surface area contributed by atoms with E-state index in [1.165, 1.54) is 0 Å². The molecule has 2 heterocycles. The number of piperazine rings is 1. The summed E-state index contributed by atoms with van der Waals surface area (Å²) in [5.74, 6) is 2.46. The summed E-state index contributed by atoms with van der Waals surface area (Å²) in [5, 5.41) is 6.72. The highest BCUT2D eigenvalue weighted by atomic mass is 127. The van der Waals surface area contributed by atoms with Crippen molar-refractivity contribution in [1.29, 1.82) is 0 Å². The Morgan fingerprint density at radius 2 is 1.89 bits per heavy atom. The van der Waals surface area contributed by atoms with E-state index in [-0.39, 0.29) is 30.1 Å². The minimum absolute atomic E-state index is 0. The second-order valence-electron chi connectivity index (χ2n) is 7.29. The predicted octanol–water partition coefficient (Wildman–Crippen LogP) is 1.64. The maximum atomic E-state index is 6.01. The summed E-state index contributed by atoms with van der Waals surface area (Å²) in [6, 6.07) is 8.24. The highest BCUT2D eigenvalue weighted by Crippen LogP contribution is 2.30. The molecular formula is C20H34IN5O2. The van der Waals surface area contributed by atoms with E-state index >= 15 is 0 Å². The molecule has 0 saturated carbocycles.